The van der Waals surface area contributed by atoms with E-state index in [4.69, 9.17) is 9.29 Å². The van der Waals surface area contributed by atoms with Gasteiger partial charge in [0, 0.05) is 12.1 Å². The van der Waals surface area contributed by atoms with Crippen molar-refractivity contribution in [3.63, 3.8) is 0 Å². The highest BCUT2D eigenvalue weighted by Gasteiger charge is 2.40. The number of fused-ring (bicyclic) bond motifs is 2. The molecule has 0 amide bonds. The number of hydrogen-bond donors (Lipinski definition) is 2. The van der Waals surface area contributed by atoms with Crippen molar-refractivity contribution in [2.75, 3.05) is 13.7 Å². The third-order valence-corrected chi connectivity index (χ3v) is 7.39. The van der Waals surface area contributed by atoms with Crippen LogP contribution in [-0.4, -0.2) is 60.8 Å². The largest absolute Gasteiger partial charge is 0.462 e. The number of rotatable bonds is 5. The van der Waals surface area contributed by atoms with E-state index >= 15 is 0 Å². The van der Waals surface area contributed by atoms with Crippen LogP contribution in [0.3, 0.4) is 0 Å². The Balaban J connectivity index is 0.000000222. The topological polar surface area (TPSA) is 104 Å². The van der Waals surface area contributed by atoms with Gasteiger partial charge in [-0.2, -0.15) is 8.42 Å². The van der Waals surface area contributed by atoms with Crippen LogP contribution in [0.4, 0.5) is 0 Å². The second-order valence-electron chi connectivity index (χ2n) is 8.47. The number of carbonyl (C=O) groups excluding carboxylic acids is 1. The molecular formula is C24H31NO6S. The molecule has 0 aromatic heterocycles. The average molecular weight is 462 g/mol. The number of carbonyl (C=O) groups is 1. The molecule has 2 fully saturated rings. The number of esters is 1. The molecular weight excluding hydrogens is 430 g/mol. The molecule has 2 aliphatic heterocycles. The van der Waals surface area contributed by atoms with Gasteiger partial charge < -0.3 is 14.7 Å². The molecule has 8 heteroatoms. The van der Waals surface area contributed by atoms with Crippen molar-refractivity contribution >= 4 is 16.1 Å². The second kappa shape index (κ2) is 10.6. The van der Waals surface area contributed by atoms with E-state index in [1.807, 2.05) is 30.3 Å². The fourth-order valence-corrected chi connectivity index (χ4v) is 5.28. The maximum absolute atomic E-state index is 12.4. The Kier molecular flexibility index (Phi) is 8.05. The van der Waals surface area contributed by atoms with Crippen molar-refractivity contribution in [2.45, 2.75) is 61.6 Å². The molecule has 4 atom stereocenters. The highest BCUT2D eigenvalue weighted by molar-refractivity contribution is 7.85. The summed E-state index contributed by atoms with van der Waals surface area (Å²) in [6, 6.07) is 16.7. The Hall–Kier alpha value is -2.26. The lowest BCUT2D eigenvalue weighted by Crippen LogP contribution is -2.43. The fraction of sp³-hybridized carbons (Fsp3) is 0.458. The van der Waals surface area contributed by atoms with Gasteiger partial charge in [0.15, 0.2) is 0 Å². The van der Waals surface area contributed by atoms with Crippen LogP contribution in [0.15, 0.2) is 59.5 Å². The number of piperidine rings is 1. The second-order valence-corrected chi connectivity index (χ2v) is 9.86. The van der Waals surface area contributed by atoms with Crippen molar-refractivity contribution in [3.05, 3.63) is 65.7 Å². The van der Waals surface area contributed by atoms with Gasteiger partial charge in [-0.05, 0) is 56.8 Å². The van der Waals surface area contributed by atoms with E-state index in [2.05, 4.69) is 11.9 Å². The Labute approximate surface area is 189 Å². The van der Waals surface area contributed by atoms with Crippen molar-refractivity contribution < 1.29 is 27.6 Å². The lowest BCUT2D eigenvalue weighted by atomic mass is 9.98. The van der Waals surface area contributed by atoms with Crippen LogP contribution in [0.2, 0.25) is 0 Å². The summed E-state index contributed by atoms with van der Waals surface area (Å²) >= 11 is 0. The highest BCUT2D eigenvalue weighted by atomic mass is 32.2. The predicted molar refractivity (Wildman–Crippen MR) is 121 cm³/mol. The quantitative estimate of drug-likeness (QED) is 0.521. The molecule has 32 heavy (non-hydrogen) atoms. The number of nitrogens with zero attached hydrogens (tertiary/aromatic N) is 1. The van der Waals surface area contributed by atoms with Gasteiger partial charge in [0.25, 0.3) is 10.1 Å². The molecule has 174 valence electrons. The number of aliphatic hydroxyl groups excluding tert-OH is 1. The van der Waals surface area contributed by atoms with Crippen LogP contribution in [0, 0.1) is 6.92 Å². The molecule has 4 rings (SSSR count). The van der Waals surface area contributed by atoms with Gasteiger partial charge in [0.05, 0.1) is 11.5 Å². The summed E-state index contributed by atoms with van der Waals surface area (Å²) in [6.07, 6.45) is 4.26. The van der Waals surface area contributed by atoms with Crippen LogP contribution < -0.4 is 0 Å². The Morgan fingerprint density at radius 2 is 1.62 bits per heavy atom. The van der Waals surface area contributed by atoms with E-state index in [-0.39, 0.29) is 23.6 Å². The van der Waals surface area contributed by atoms with Gasteiger partial charge in [-0.3, -0.25) is 9.35 Å². The van der Waals surface area contributed by atoms with Crippen molar-refractivity contribution in [3.8, 4) is 0 Å². The van der Waals surface area contributed by atoms with Crippen LogP contribution in [0.25, 0.3) is 0 Å². The van der Waals surface area contributed by atoms with Crippen molar-refractivity contribution in [2.24, 2.45) is 0 Å². The summed E-state index contributed by atoms with van der Waals surface area (Å²) < 4.78 is 35.6. The monoisotopic (exact) mass is 461 g/mol. The van der Waals surface area contributed by atoms with E-state index in [1.54, 1.807) is 25.1 Å². The molecule has 2 aromatic carbocycles. The average Bonchev–Trinajstić information content (AvgIpc) is 2.96. The van der Waals surface area contributed by atoms with E-state index in [0.717, 1.165) is 18.4 Å². The smallest absolute Gasteiger partial charge is 0.316 e. The Morgan fingerprint density at radius 3 is 2.12 bits per heavy atom. The number of ether oxygens (including phenoxy) is 1. The molecule has 2 saturated heterocycles. The zero-order chi connectivity index (χ0) is 23.3. The third-order valence-electron chi connectivity index (χ3n) is 6.38. The number of aliphatic hydroxyl groups is 1. The molecule has 2 aliphatic rings. The summed E-state index contributed by atoms with van der Waals surface area (Å²) in [6.45, 7) is 1.42. The molecule has 0 spiro atoms. The molecule has 2 N–H and O–H groups in total. The maximum Gasteiger partial charge on any atom is 0.316 e. The lowest BCUT2D eigenvalue weighted by Gasteiger charge is -2.36. The first kappa shape index (κ1) is 24.4. The molecule has 2 aromatic rings. The predicted octanol–water partition coefficient (Wildman–Crippen LogP) is 3.17. The zero-order valence-electron chi connectivity index (χ0n) is 18.4. The highest BCUT2D eigenvalue weighted by Crippen LogP contribution is 2.36. The number of benzene rings is 2. The van der Waals surface area contributed by atoms with Crippen LogP contribution >= 0.6 is 0 Å². The first-order chi connectivity index (χ1) is 15.2. The van der Waals surface area contributed by atoms with Gasteiger partial charge >= 0.3 is 5.97 Å². The molecule has 2 bridgehead atoms. The number of hydrogen-bond acceptors (Lipinski definition) is 6. The number of aryl methyl sites for hydroxylation is 1. The molecule has 0 saturated carbocycles. The maximum atomic E-state index is 12.4. The lowest BCUT2D eigenvalue weighted by molar-refractivity contribution is -0.155. The SMILES string of the molecule is CN1[C@@H]2CC[C@H]1CC(OC(=O)C(CO)c1ccccc1)C2.Cc1ccccc1S(=O)(=O)O. The summed E-state index contributed by atoms with van der Waals surface area (Å²) in [5.41, 5.74) is 1.37. The van der Waals surface area contributed by atoms with Crippen LogP contribution in [0.1, 0.15) is 42.7 Å². The molecule has 2 unspecified atom stereocenters. The van der Waals surface area contributed by atoms with E-state index < -0.39 is 16.0 Å². The van der Waals surface area contributed by atoms with Gasteiger partial charge in [0.1, 0.15) is 12.0 Å². The summed E-state index contributed by atoms with van der Waals surface area (Å²) in [5, 5.41) is 9.53. The summed E-state index contributed by atoms with van der Waals surface area (Å²) in [5.74, 6) is -0.860. The minimum absolute atomic E-state index is 0.00367. The molecule has 7 nitrogen and oxygen atoms in total. The molecule has 0 aliphatic carbocycles. The van der Waals surface area contributed by atoms with Crippen molar-refractivity contribution in [1.82, 2.24) is 4.90 Å². The minimum Gasteiger partial charge on any atom is -0.462 e. The van der Waals surface area contributed by atoms with E-state index in [0.29, 0.717) is 17.6 Å². The van der Waals surface area contributed by atoms with Crippen molar-refractivity contribution in [1.29, 1.82) is 0 Å². The van der Waals surface area contributed by atoms with E-state index in [9.17, 15) is 18.3 Å². The Morgan fingerprint density at radius 1 is 1.06 bits per heavy atom. The van der Waals surface area contributed by atoms with Gasteiger partial charge in [0.2, 0.25) is 0 Å². The molecule has 0 radical (unpaired) electrons. The summed E-state index contributed by atoms with van der Waals surface area (Å²) in [4.78, 5) is 14.8. The first-order valence-corrected chi connectivity index (χ1v) is 12.3. The van der Waals surface area contributed by atoms with Crippen LogP contribution in [0.5, 0.6) is 0 Å². The minimum atomic E-state index is -4.03. The standard InChI is InChI=1S/C17H23NO3.C7H8O3S/c1-18-13-7-8-14(18)10-15(9-13)21-17(20)16(11-19)12-5-3-2-4-6-12;1-6-4-2-3-5-7(6)11(8,9)10/h2-6,13-16,19H,7-11H2,1H3;2-5H,1H3,(H,8,9,10)/t13-,14+,15?,16?;. The van der Waals surface area contributed by atoms with Crippen LogP contribution in [-0.2, 0) is 19.6 Å². The summed E-state index contributed by atoms with van der Waals surface area (Å²) in [7, 11) is -1.87. The zero-order valence-corrected chi connectivity index (χ0v) is 19.2. The third kappa shape index (κ3) is 5.95. The van der Waals surface area contributed by atoms with Gasteiger partial charge in [-0.15, -0.1) is 0 Å². The van der Waals surface area contributed by atoms with Gasteiger partial charge in [-0.25, -0.2) is 0 Å². The first-order valence-electron chi connectivity index (χ1n) is 10.8. The molecule has 2 heterocycles. The Bertz CT molecular complexity index is 996. The van der Waals surface area contributed by atoms with Gasteiger partial charge in [-0.1, -0.05) is 48.5 Å². The fourth-order valence-electron chi connectivity index (χ4n) is 4.55. The normalized spacial score (nSPS) is 23.7. The van der Waals surface area contributed by atoms with E-state index in [1.165, 1.54) is 18.9 Å².